The van der Waals surface area contributed by atoms with Crippen molar-refractivity contribution in [3.05, 3.63) is 112 Å². The van der Waals surface area contributed by atoms with E-state index in [-0.39, 0.29) is 5.75 Å². The van der Waals surface area contributed by atoms with Gasteiger partial charge in [-0.2, -0.15) is 13.2 Å². The van der Waals surface area contributed by atoms with E-state index in [2.05, 4.69) is 5.32 Å². The molecule has 2 N–H and O–H groups in total. The highest BCUT2D eigenvalue weighted by atomic mass is 19.4. The second-order valence-electron chi connectivity index (χ2n) is 7.51. The zero-order valence-electron chi connectivity index (χ0n) is 17.2. The summed E-state index contributed by atoms with van der Waals surface area (Å²) < 4.78 is 39.8. The number of phenols is 1. The largest absolute Gasteiger partial charge is 0.508 e. The van der Waals surface area contributed by atoms with Crippen LogP contribution < -0.4 is 10.9 Å². The molecular formula is C25H19F3N2O3. The number of carbonyl (C=O) groups is 1. The molecule has 0 bridgehead atoms. The summed E-state index contributed by atoms with van der Waals surface area (Å²) in [5.74, 6) is -0.725. The summed E-state index contributed by atoms with van der Waals surface area (Å²) >= 11 is 0. The molecule has 0 spiro atoms. The minimum absolute atomic E-state index is 0.0425. The number of phenolic OH excluding ortho intramolecular Hbond substituents is 1. The van der Waals surface area contributed by atoms with Crippen LogP contribution in [0.5, 0.6) is 5.75 Å². The average molecular weight is 452 g/mol. The Balaban J connectivity index is 1.73. The Labute approximate surface area is 186 Å². The monoisotopic (exact) mass is 452 g/mol. The van der Waals surface area contributed by atoms with E-state index < -0.39 is 35.8 Å². The Morgan fingerprint density at radius 1 is 0.939 bits per heavy atom. The van der Waals surface area contributed by atoms with Gasteiger partial charge in [0, 0.05) is 17.8 Å². The Morgan fingerprint density at radius 2 is 1.64 bits per heavy atom. The lowest BCUT2D eigenvalue weighted by atomic mass is 9.92. The van der Waals surface area contributed by atoms with Gasteiger partial charge in [-0.25, -0.2) is 0 Å². The summed E-state index contributed by atoms with van der Waals surface area (Å²) in [6.07, 6.45) is -4.03. The van der Waals surface area contributed by atoms with E-state index in [4.69, 9.17) is 0 Å². The number of halogens is 3. The molecule has 0 aliphatic rings. The van der Waals surface area contributed by atoms with Gasteiger partial charge in [0.25, 0.3) is 5.56 Å². The van der Waals surface area contributed by atoms with Crippen LogP contribution in [0.25, 0.3) is 10.8 Å². The first kappa shape index (κ1) is 22.1. The number of amides is 1. The van der Waals surface area contributed by atoms with Crippen molar-refractivity contribution in [3.63, 3.8) is 0 Å². The maximum absolute atomic E-state index is 13.0. The number of hydrogen-bond acceptors (Lipinski definition) is 3. The number of fused-ring (bicyclic) bond motifs is 1. The highest BCUT2D eigenvalue weighted by Crippen LogP contribution is 2.36. The molecule has 0 aliphatic heterocycles. The molecule has 0 saturated carbocycles. The van der Waals surface area contributed by atoms with Gasteiger partial charge in [-0.15, -0.1) is 0 Å². The number of aromatic nitrogens is 1. The standard InChI is InChI=1S/C25H19F3N2O3/c26-25(27,28)18-11-13-22(33)30(14-18)15-21(32)29-24(17-7-2-1-3-8-17)23-19-9-5-4-6-16(19)10-12-20(23)31/h1-14,24,31H,15H2,(H,29,32). The van der Waals surface area contributed by atoms with Crippen molar-refractivity contribution in [1.29, 1.82) is 0 Å². The van der Waals surface area contributed by atoms with Crippen molar-refractivity contribution >= 4 is 16.7 Å². The molecule has 0 radical (unpaired) electrons. The second-order valence-corrected chi connectivity index (χ2v) is 7.51. The van der Waals surface area contributed by atoms with E-state index >= 15 is 0 Å². The van der Waals surface area contributed by atoms with E-state index in [0.717, 1.165) is 11.5 Å². The van der Waals surface area contributed by atoms with Crippen LogP contribution in [0, 0.1) is 0 Å². The molecule has 4 aromatic rings. The van der Waals surface area contributed by atoms with Crippen molar-refractivity contribution in [2.45, 2.75) is 18.8 Å². The van der Waals surface area contributed by atoms with Crippen molar-refractivity contribution in [2.75, 3.05) is 0 Å². The summed E-state index contributed by atoms with van der Waals surface area (Å²) in [6.45, 7) is -0.613. The van der Waals surface area contributed by atoms with Crippen molar-refractivity contribution in [3.8, 4) is 5.75 Å². The quantitative estimate of drug-likeness (QED) is 0.464. The van der Waals surface area contributed by atoms with Gasteiger partial charge in [-0.05, 0) is 28.5 Å². The lowest BCUT2D eigenvalue weighted by Gasteiger charge is -2.23. The molecule has 4 rings (SSSR count). The smallest absolute Gasteiger partial charge is 0.417 e. The maximum atomic E-state index is 13.0. The molecule has 1 amide bonds. The van der Waals surface area contributed by atoms with Crippen LogP contribution in [0.15, 0.2) is 89.9 Å². The maximum Gasteiger partial charge on any atom is 0.417 e. The Hall–Kier alpha value is -4.07. The van der Waals surface area contributed by atoms with Gasteiger partial charge >= 0.3 is 6.18 Å². The number of alkyl halides is 3. The van der Waals surface area contributed by atoms with Gasteiger partial charge in [-0.3, -0.25) is 9.59 Å². The number of rotatable bonds is 5. The number of carbonyl (C=O) groups excluding carboxylic acids is 1. The second kappa shape index (κ2) is 8.82. The third kappa shape index (κ3) is 4.74. The summed E-state index contributed by atoms with van der Waals surface area (Å²) in [5.41, 5.74) is -0.651. The van der Waals surface area contributed by atoms with Crippen molar-refractivity contribution < 1.29 is 23.1 Å². The topological polar surface area (TPSA) is 71.3 Å². The average Bonchev–Trinajstić information content (AvgIpc) is 2.79. The molecule has 0 aliphatic carbocycles. The first-order valence-electron chi connectivity index (χ1n) is 10.1. The predicted octanol–water partition coefficient (Wildman–Crippen LogP) is 4.63. The van der Waals surface area contributed by atoms with Gasteiger partial charge in [-0.1, -0.05) is 60.7 Å². The lowest BCUT2D eigenvalue weighted by Crippen LogP contribution is -2.35. The van der Waals surface area contributed by atoms with Gasteiger partial charge in [0.05, 0.1) is 11.6 Å². The van der Waals surface area contributed by atoms with E-state index in [1.807, 2.05) is 18.2 Å². The summed E-state index contributed by atoms with van der Waals surface area (Å²) in [7, 11) is 0. The molecule has 1 heterocycles. The first-order valence-corrected chi connectivity index (χ1v) is 10.1. The van der Waals surface area contributed by atoms with Crippen LogP contribution in [0.3, 0.4) is 0 Å². The molecule has 0 fully saturated rings. The molecular weight excluding hydrogens is 433 g/mol. The van der Waals surface area contributed by atoms with Crippen LogP contribution in [0.1, 0.15) is 22.7 Å². The summed E-state index contributed by atoms with van der Waals surface area (Å²) in [5, 5.41) is 15.0. The number of hydrogen-bond donors (Lipinski definition) is 2. The van der Waals surface area contributed by atoms with Crippen molar-refractivity contribution in [2.24, 2.45) is 0 Å². The molecule has 33 heavy (non-hydrogen) atoms. The van der Waals surface area contributed by atoms with Gasteiger partial charge < -0.3 is 15.0 Å². The Kier molecular flexibility index (Phi) is 5.91. The summed E-state index contributed by atoms with van der Waals surface area (Å²) in [4.78, 5) is 25.0. The SMILES string of the molecule is O=C(Cn1cc(C(F)(F)F)ccc1=O)NC(c1ccccc1)c1c(O)ccc2ccccc12. The fourth-order valence-electron chi connectivity index (χ4n) is 3.74. The Morgan fingerprint density at radius 3 is 2.36 bits per heavy atom. The van der Waals surface area contributed by atoms with Crippen LogP contribution in [-0.4, -0.2) is 15.6 Å². The number of nitrogens with one attached hydrogen (secondary N) is 1. The zero-order valence-corrected chi connectivity index (χ0v) is 17.2. The highest BCUT2D eigenvalue weighted by Gasteiger charge is 2.31. The minimum Gasteiger partial charge on any atom is -0.508 e. The van der Waals surface area contributed by atoms with Gasteiger partial charge in [0.1, 0.15) is 12.3 Å². The molecule has 3 aromatic carbocycles. The van der Waals surface area contributed by atoms with Crippen LogP contribution in [-0.2, 0) is 17.5 Å². The van der Waals surface area contributed by atoms with E-state index in [1.165, 1.54) is 6.07 Å². The molecule has 0 saturated heterocycles. The zero-order chi connectivity index (χ0) is 23.6. The third-order valence-electron chi connectivity index (χ3n) is 5.30. The summed E-state index contributed by atoms with van der Waals surface area (Å²) in [6, 6.07) is 20.1. The minimum atomic E-state index is -4.65. The van der Waals surface area contributed by atoms with Crippen LogP contribution >= 0.6 is 0 Å². The molecule has 5 nitrogen and oxygen atoms in total. The lowest BCUT2D eigenvalue weighted by molar-refractivity contribution is -0.138. The molecule has 168 valence electrons. The van der Waals surface area contributed by atoms with Crippen LogP contribution in [0.4, 0.5) is 13.2 Å². The first-order chi connectivity index (χ1) is 15.7. The number of pyridine rings is 1. The molecule has 8 heteroatoms. The number of nitrogens with zero attached hydrogens (tertiary/aromatic N) is 1. The van der Waals surface area contributed by atoms with Crippen molar-refractivity contribution in [1.82, 2.24) is 9.88 Å². The third-order valence-corrected chi connectivity index (χ3v) is 5.30. The highest BCUT2D eigenvalue weighted by molar-refractivity contribution is 5.89. The van der Waals surface area contributed by atoms with E-state index in [0.29, 0.717) is 33.3 Å². The normalized spacial score (nSPS) is 12.5. The Bertz CT molecular complexity index is 1360. The fourth-order valence-corrected chi connectivity index (χ4v) is 3.74. The predicted molar refractivity (Wildman–Crippen MR) is 118 cm³/mol. The number of aromatic hydroxyl groups is 1. The van der Waals surface area contributed by atoms with Gasteiger partial charge in [0.2, 0.25) is 5.91 Å². The van der Waals surface area contributed by atoms with E-state index in [9.17, 15) is 27.9 Å². The van der Waals surface area contributed by atoms with E-state index in [1.54, 1.807) is 42.5 Å². The fraction of sp³-hybridized carbons (Fsp3) is 0.120. The number of benzene rings is 3. The molecule has 1 unspecified atom stereocenters. The molecule has 1 aromatic heterocycles. The van der Waals surface area contributed by atoms with Crippen LogP contribution in [0.2, 0.25) is 0 Å². The van der Waals surface area contributed by atoms with Gasteiger partial charge in [0.15, 0.2) is 0 Å². The molecule has 1 atom stereocenters.